The molecule has 0 aliphatic heterocycles. The van der Waals surface area contributed by atoms with Crippen molar-refractivity contribution in [2.45, 2.75) is 11.1 Å². The molecule has 2 rings (SSSR count). The van der Waals surface area contributed by atoms with Crippen LogP contribution in [-0.2, 0) is 10.0 Å². The van der Waals surface area contributed by atoms with Crippen molar-refractivity contribution in [2.24, 2.45) is 0 Å². The zero-order valence-electron chi connectivity index (χ0n) is 10.1. The lowest BCUT2D eigenvalue weighted by Gasteiger charge is -2.08. The number of hydrogen-bond acceptors (Lipinski definition) is 5. The highest BCUT2D eigenvalue weighted by Crippen LogP contribution is 2.25. The summed E-state index contributed by atoms with van der Waals surface area (Å²) in [5, 5.41) is 9.06. The summed E-state index contributed by atoms with van der Waals surface area (Å²) in [6.07, 6.45) is 0. The Morgan fingerprint density at radius 3 is 2.60 bits per heavy atom. The first-order valence-electron chi connectivity index (χ1n) is 5.29. The molecule has 0 aromatic carbocycles. The van der Waals surface area contributed by atoms with Gasteiger partial charge in [0.05, 0.1) is 11.4 Å². The van der Waals surface area contributed by atoms with E-state index in [1.54, 1.807) is 6.92 Å². The number of nitrogens with zero attached hydrogens (tertiary/aromatic N) is 1. The number of sulfonamides is 1. The van der Waals surface area contributed by atoms with Crippen LogP contribution in [0.3, 0.4) is 0 Å². The molecule has 0 atom stereocenters. The topological polar surface area (TPSA) is 96.4 Å². The van der Waals surface area contributed by atoms with Crippen LogP contribution in [0, 0.1) is 6.92 Å². The first-order valence-corrected chi connectivity index (χ1v) is 7.96. The molecule has 0 amide bonds. The van der Waals surface area contributed by atoms with E-state index >= 15 is 0 Å². The highest BCUT2D eigenvalue weighted by Gasteiger charge is 2.20. The second kappa shape index (κ2) is 5.39. The van der Waals surface area contributed by atoms with Crippen LogP contribution < -0.4 is 4.72 Å². The fourth-order valence-electron chi connectivity index (χ4n) is 1.41. The van der Waals surface area contributed by atoms with E-state index < -0.39 is 16.0 Å². The molecule has 0 spiro atoms. The number of aryl methyl sites for hydroxylation is 1. The third kappa shape index (κ3) is 3.09. The molecule has 20 heavy (non-hydrogen) atoms. The second-order valence-electron chi connectivity index (χ2n) is 3.80. The molecule has 6 nitrogen and oxygen atoms in total. The molecule has 0 aliphatic carbocycles. The number of aromatic nitrogens is 1. The highest BCUT2D eigenvalue weighted by molar-refractivity contribution is 7.94. The van der Waals surface area contributed by atoms with Crippen molar-refractivity contribution in [1.82, 2.24) is 4.98 Å². The van der Waals surface area contributed by atoms with E-state index in [0.29, 0.717) is 22.7 Å². The molecular formula is C11H9ClN2O4S2. The average Bonchev–Trinajstić information content (AvgIpc) is 2.83. The largest absolute Gasteiger partial charge is 0.477 e. The van der Waals surface area contributed by atoms with Gasteiger partial charge in [-0.15, -0.1) is 11.3 Å². The number of carboxylic acid groups (broad SMARTS) is 1. The molecule has 0 fully saturated rings. The number of pyridine rings is 1. The quantitative estimate of drug-likeness (QED) is 0.839. The van der Waals surface area contributed by atoms with E-state index in [0.717, 1.165) is 0 Å². The van der Waals surface area contributed by atoms with Gasteiger partial charge in [-0.2, -0.15) is 0 Å². The maximum atomic E-state index is 12.1. The number of carbonyl (C=O) groups is 1. The summed E-state index contributed by atoms with van der Waals surface area (Å²) in [4.78, 5) is 14.6. The summed E-state index contributed by atoms with van der Waals surface area (Å²) < 4.78 is 26.5. The Bertz CT molecular complexity index is 770. The van der Waals surface area contributed by atoms with Crippen LogP contribution in [0.1, 0.15) is 15.4 Å². The van der Waals surface area contributed by atoms with Gasteiger partial charge in [0.1, 0.15) is 14.2 Å². The van der Waals surface area contributed by atoms with Gasteiger partial charge in [-0.3, -0.25) is 4.72 Å². The van der Waals surface area contributed by atoms with Crippen molar-refractivity contribution in [3.63, 3.8) is 0 Å². The number of halogens is 1. The number of carboxylic acids is 1. The number of anilines is 1. The van der Waals surface area contributed by atoms with Crippen LogP contribution in [0.25, 0.3) is 0 Å². The van der Waals surface area contributed by atoms with E-state index in [4.69, 9.17) is 16.7 Å². The molecule has 0 aliphatic rings. The van der Waals surface area contributed by atoms with Crippen LogP contribution in [0.5, 0.6) is 0 Å². The summed E-state index contributed by atoms with van der Waals surface area (Å²) >= 11 is 6.37. The van der Waals surface area contributed by atoms with Gasteiger partial charge in [0.25, 0.3) is 10.0 Å². The smallest absolute Gasteiger partial charge is 0.345 e. The lowest BCUT2D eigenvalue weighted by atomic mass is 10.3. The fourth-order valence-corrected chi connectivity index (χ4v) is 3.87. The molecule has 0 saturated carbocycles. The summed E-state index contributed by atoms with van der Waals surface area (Å²) in [5.41, 5.74) is 0.718. The zero-order chi connectivity index (χ0) is 14.9. The molecule has 106 valence electrons. The second-order valence-corrected chi connectivity index (χ2v) is 7.18. The molecule has 0 unspecified atom stereocenters. The van der Waals surface area contributed by atoms with Gasteiger partial charge in [0.2, 0.25) is 0 Å². The van der Waals surface area contributed by atoms with Crippen LogP contribution in [-0.4, -0.2) is 24.5 Å². The van der Waals surface area contributed by atoms with E-state index in [1.165, 1.54) is 24.3 Å². The minimum atomic E-state index is -3.84. The van der Waals surface area contributed by atoms with Crippen LogP contribution >= 0.6 is 22.9 Å². The normalized spacial score (nSPS) is 11.3. The molecule has 9 heteroatoms. The predicted octanol–water partition coefficient (Wildman–Crippen LogP) is 2.60. The molecule has 0 radical (unpaired) electrons. The molecular weight excluding hydrogens is 324 g/mol. The fraction of sp³-hybridized carbons (Fsp3) is 0.0909. The Labute approximate surface area is 124 Å². The molecule has 2 heterocycles. The summed E-state index contributed by atoms with van der Waals surface area (Å²) in [5.74, 6) is -1.17. The van der Waals surface area contributed by atoms with Gasteiger partial charge >= 0.3 is 5.97 Å². The highest BCUT2D eigenvalue weighted by atomic mass is 35.5. The van der Waals surface area contributed by atoms with Gasteiger partial charge in [-0.25, -0.2) is 18.2 Å². The van der Waals surface area contributed by atoms with Crippen LogP contribution in [0.2, 0.25) is 5.15 Å². The zero-order valence-corrected chi connectivity index (χ0v) is 12.5. The van der Waals surface area contributed by atoms with Crippen molar-refractivity contribution in [2.75, 3.05) is 4.72 Å². The number of thiophene rings is 1. The summed E-state index contributed by atoms with van der Waals surface area (Å²) in [6, 6.07) is 5.45. The molecule has 2 aromatic rings. The Kier molecular flexibility index (Phi) is 3.98. The van der Waals surface area contributed by atoms with E-state index in [2.05, 4.69) is 9.71 Å². The van der Waals surface area contributed by atoms with Gasteiger partial charge in [-0.1, -0.05) is 11.6 Å². The SMILES string of the molecule is Cc1nc(Cl)ccc1NS(=O)(=O)c1ccc(C(=O)O)s1. The maximum absolute atomic E-state index is 12.1. The minimum Gasteiger partial charge on any atom is -0.477 e. The number of nitrogens with one attached hydrogen (secondary N) is 1. The van der Waals surface area contributed by atoms with Gasteiger partial charge < -0.3 is 5.11 Å². The molecule has 2 aromatic heterocycles. The molecule has 0 saturated heterocycles. The van der Waals surface area contributed by atoms with Crippen molar-refractivity contribution in [3.05, 3.63) is 40.0 Å². The lowest BCUT2D eigenvalue weighted by Crippen LogP contribution is -2.12. The first kappa shape index (κ1) is 14.8. The number of rotatable bonds is 4. The molecule has 2 N–H and O–H groups in total. The van der Waals surface area contributed by atoms with Gasteiger partial charge in [-0.05, 0) is 31.2 Å². The monoisotopic (exact) mass is 332 g/mol. The standard InChI is InChI=1S/C11H9ClN2O4S2/c1-6-7(2-4-9(12)13-6)14-20(17,18)10-5-3-8(19-10)11(15)16/h2-5,14H,1H3,(H,15,16). The van der Waals surface area contributed by atoms with Crippen molar-refractivity contribution in [1.29, 1.82) is 0 Å². The van der Waals surface area contributed by atoms with E-state index in [-0.39, 0.29) is 14.2 Å². The Hall–Kier alpha value is -1.64. The third-order valence-electron chi connectivity index (χ3n) is 2.35. The Balaban J connectivity index is 2.33. The van der Waals surface area contributed by atoms with Gasteiger partial charge in [0.15, 0.2) is 0 Å². The Morgan fingerprint density at radius 1 is 1.35 bits per heavy atom. The number of aromatic carboxylic acids is 1. The van der Waals surface area contributed by atoms with Crippen molar-refractivity contribution >= 4 is 44.6 Å². The first-order chi connectivity index (χ1) is 9.29. The van der Waals surface area contributed by atoms with Gasteiger partial charge in [0, 0.05) is 0 Å². The van der Waals surface area contributed by atoms with Crippen LogP contribution in [0.4, 0.5) is 5.69 Å². The average molecular weight is 333 g/mol. The summed E-state index contributed by atoms with van der Waals surface area (Å²) in [6.45, 7) is 1.61. The van der Waals surface area contributed by atoms with Crippen LogP contribution in [0.15, 0.2) is 28.5 Å². The summed E-state index contributed by atoms with van der Waals surface area (Å²) in [7, 11) is -3.84. The Morgan fingerprint density at radius 2 is 2.05 bits per heavy atom. The van der Waals surface area contributed by atoms with Crippen molar-refractivity contribution in [3.8, 4) is 0 Å². The predicted molar refractivity (Wildman–Crippen MR) is 76.1 cm³/mol. The van der Waals surface area contributed by atoms with E-state index in [9.17, 15) is 13.2 Å². The lowest BCUT2D eigenvalue weighted by molar-refractivity contribution is 0.0702. The number of hydrogen-bond donors (Lipinski definition) is 2. The third-order valence-corrected chi connectivity index (χ3v) is 5.49. The van der Waals surface area contributed by atoms with E-state index in [1.807, 2.05) is 0 Å². The molecule has 0 bridgehead atoms. The van der Waals surface area contributed by atoms with Crippen molar-refractivity contribution < 1.29 is 18.3 Å². The minimum absolute atomic E-state index is 0.0451. The maximum Gasteiger partial charge on any atom is 0.345 e.